The third kappa shape index (κ3) is 2.23. The van der Waals surface area contributed by atoms with Crippen molar-refractivity contribution in [2.75, 3.05) is 6.61 Å². The lowest BCUT2D eigenvalue weighted by molar-refractivity contribution is 0.0727. The van der Waals surface area contributed by atoms with Crippen molar-refractivity contribution in [3.8, 4) is 0 Å². The second-order valence-corrected chi connectivity index (χ2v) is 4.17. The highest BCUT2D eigenvalue weighted by Crippen LogP contribution is 2.41. The van der Waals surface area contributed by atoms with E-state index in [4.69, 9.17) is 5.11 Å². The largest absolute Gasteiger partial charge is 0.394 e. The Hall–Kier alpha value is -1.40. The van der Waals surface area contributed by atoms with Crippen molar-refractivity contribution >= 4 is 0 Å². The molecule has 1 fully saturated rings. The summed E-state index contributed by atoms with van der Waals surface area (Å²) in [7, 11) is 0. The zero-order valence-electron chi connectivity index (χ0n) is 8.67. The number of rotatable bonds is 4. The number of aliphatic hydroxyl groups excluding tert-OH is 2. The number of aliphatic hydroxyl groups is 2. The number of hydrogen-bond donors (Lipinski definition) is 3. The van der Waals surface area contributed by atoms with Gasteiger partial charge in [0.25, 0.3) is 5.56 Å². The van der Waals surface area contributed by atoms with Gasteiger partial charge in [-0.3, -0.25) is 9.78 Å². The van der Waals surface area contributed by atoms with E-state index in [2.05, 4.69) is 4.98 Å². The molecule has 6 nitrogen and oxygen atoms in total. The zero-order valence-corrected chi connectivity index (χ0v) is 8.67. The van der Waals surface area contributed by atoms with Crippen LogP contribution in [0.5, 0.6) is 0 Å². The van der Waals surface area contributed by atoms with Gasteiger partial charge in [0.15, 0.2) is 0 Å². The van der Waals surface area contributed by atoms with E-state index in [1.165, 1.54) is 16.8 Å². The summed E-state index contributed by atoms with van der Waals surface area (Å²) in [5, 5.41) is 18.1. The van der Waals surface area contributed by atoms with Crippen LogP contribution in [0.15, 0.2) is 21.9 Å². The predicted molar refractivity (Wildman–Crippen MR) is 56.0 cm³/mol. The average Bonchev–Trinajstić information content (AvgIpc) is 3.00. The molecule has 1 aromatic rings. The fraction of sp³-hybridized carbons (Fsp3) is 0.600. The van der Waals surface area contributed by atoms with Crippen LogP contribution in [-0.2, 0) is 6.54 Å². The molecule has 0 amide bonds. The summed E-state index contributed by atoms with van der Waals surface area (Å²) < 4.78 is 1.41. The van der Waals surface area contributed by atoms with E-state index < -0.39 is 17.4 Å². The summed E-state index contributed by atoms with van der Waals surface area (Å²) in [5.41, 5.74) is -0.847. The van der Waals surface area contributed by atoms with Crippen LogP contribution in [-0.4, -0.2) is 32.5 Å². The maximum Gasteiger partial charge on any atom is 0.328 e. The van der Waals surface area contributed by atoms with E-state index in [0.29, 0.717) is 6.54 Å². The van der Waals surface area contributed by atoms with E-state index in [0.717, 1.165) is 6.42 Å². The van der Waals surface area contributed by atoms with Crippen LogP contribution < -0.4 is 11.2 Å². The molecule has 16 heavy (non-hydrogen) atoms. The Balaban J connectivity index is 2.02. The van der Waals surface area contributed by atoms with Crippen molar-refractivity contribution in [1.29, 1.82) is 0 Å². The molecule has 3 atom stereocenters. The molecule has 1 aliphatic rings. The summed E-state index contributed by atoms with van der Waals surface area (Å²) >= 11 is 0. The first-order valence-corrected chi connectivity index (χ1v) is 5.20. The van der Waals surface area contributed by atoms with Crippen molar-refractivity contribution in [1.82, 2.24) is 9.55 Å². The molecule has 1 saturated carbocycles. The van der Waals surface area contributed by atoms with Gasteiger partial charge in [-0.25, -0.2) is 4.79 Å². The Bertz CT molecular complexity index is 478. The Labute approximate surface area is 91.2 Å². The van der Waals surface area contributed by atoms with E-state index in [1.54, 1.807) is 0 Å². The second-order valence-electron chi connectivity index (χ2n) is 4.17. The van der Waals surface area contributed by atoms with Gasteiger partial charge in [-0.2, -0.15) is 0 Å². The first-order valence-electron chi connectivity index (χ1n) is 5.20. The van der Waals surface area contributed by atoms with Gasteiger partial charge < -0.3 is 14.8 Å². The quantitative estimate of drug-likeness (QED) is 0.584. The zero-order chi connectivity index (χ0) is 11.7. The third-order valence-electron chi connectivity index (χ3n) is 2.99. The van der Waals surface area contributed by atoms with Gasteiger partial charge >= 0.3 is 5.69 Å². The molecule has 6 heteroatoms. The van der Waals surface area contributed by atoms with Gasteiger partial charge in [0.05, 0.1) is 12.7 Å². The summed E-state index contributed by atoms with van der Waals surface area (Å²) in [6.07, 6.45) is 1.54. The van der Waals surface area contributed by atoms with Gasteiger partial charge in [-0.15, -0.1) is 0 Å². The molecule has 0 saturated heterocycles. The topological polar surface area (TPSA) is 95.3 Å². The van der Waals surface area contributed by atoms with Gasteiger partial charge in [-0.1, -0.05) is 0 Å². The number of hydrogen-bond acceptors (Lipinski definition) is 4. The Morgan fingerprint density at radius 1 is 1.56 bits per heavy atom. The molecule has 88 valence electrons. The standard InChI is InChI=1S/C10H14N2O4/c13-5-8(14)7-3-6(7)4-12-2-1-9(15)11-10(12)16/h1-2,6-8,13-14H,3-5H2,(H,11,15,16). The molecular formula is C10H14N2O4. The van der Waals surface area contributed by atoms with Crippen molar-refractivity contribution < 1.29 is 10.2 Å². The fourth-order valence-electron chi connectivity index (χ4n) is 1.93. The Kier molecular flexibility index (Phi) is 2.93. The van der Waals surface area contributed by atoms with Gasteiger partial charge in [0.2, 0.25) is 0 Å². The normalized spacial score (nSPS) is 25.4. The first-order chi connectivity index (χ1) is 7.61. The van der Waals surface area contributed by atoms with Crippen molar-refractivity contribution in [3.05, 3.63) is 33.1 Å². The molecule has 3 unspecified atom stereocenters. The molecule has 1 aliphatic carbocycles. The molecule has 0 aromatic carbocycles. The molecule has 0 spiro atoms. The number of nitrogens with one attached hydrogen (secondary N) is 1. The number of nitrogens with zero attached hydrogens (tertiary/aromatic N) is 1. The average molecular weight is 226 g/mol. The van der Waals surface area contributed by atoms with Crippen molar-refractivity contribution in [3.63, 3.8) is 0 Å². The van der Waals surface area contributed by atoms with Crippen LogP contribution in [0.25, 0.3) is 0 Å². The van der Waals surface area contributed by atoms with E-state index >= 15 is 0 Å². The lowest BCUT2D eigenvalue weighted by atomic mass is 10.2. The highest BCUT2D eigenvalue weighted by Gasteiger charge is 2.42. The van der Waals surface area contributed by atoms with E-state index in [1.807, 2.05) is 0 Å². The lowest BCUT2D eigenvalue weighted by Gasteiger charge is -2.07. The summed E-state index contributed by atoms with van der Waals surface area (Å²) in [5.74, 6) is 0.259. The maximum absolute atomic E-state index is 11.3. The predicted octanol–water partition coefficient (Wildman–Crippen LogP) is -1.47. The van der Waals surface area contributed by atoms with Crippen molar-refractivity contribution in [2.45, 2.75) is 19.1 Å². The number of aromatic nitrogens is 2. The molecule has 3 N–H and O–H groups in total. The highest BCUT2D eigenvalue weighted by molar-refractivity contribution is 4.93. The van der Waals surface area contributed by atoms with Crippen LogP contribution in [0.2, 0.25) is 0 Å². The van der Waals surface area contributed by atoms with Gasteiger partial charge in [0.1, 0.15) is 0 Å². The third-order valence-corrected chi connectivity index (χ3v) is 2.99. The Morgan fingerprint density at radius 2 is 2.31 bits per heavy atom. The minimum atomic E-state index is -0.705. The minimum Gasteiger partial charge on any atom is -0.394 e. The van der Waals surface area contributed by atoms with Crippen LogP contribution in [0.1, 0.15) is 6.42 Å². The lowest BCUT2D eigenvalue weighted by Crippen LogP contribution is -2.29. The van der Waals surface area contributed by atoms with Crippen molar-refractivity contribution in [2.24, 2.45) is 11.8 Å². The maximum atomic E-state index is 11.3. The van der Waals surface area contributed by atoms with E-state index in [9.17, 15) is 14.7 Å². The summed E-state index contributed by atoms with van der Waals surface area (Å²) in [6.45, 7) is 0.221. The molecule has 0 bridgehead atoms. The minimum absolute atomic E-state index is 0.0591. The molecule has 1 heterocycles. The molecule has 0 aliphatic heterocycles. The molecule has 1 aromatic heterocycles. The van der Waals surface area contributed by atoms with Gasteiger partial charge in [-0.05, 0) is 18.3 Å². The van der Waals surface area contributed by atoms with Crippen LogP contribution in [0.4, 0.5) is 0 Å². The monoisotopic (exact) mass is 226 g/mol. The molecular weight excluding hydrogens is 212 g/mol. The highest BCUT2D eigenvalue weighted by atomic mass is 16.3. The molecule has 0 radical (unpaired) electrons. The first kappa shape index (κ1) is 11.1. The Morgan fingerprint density at radius 3 is 2.94 bits per heavy atom. The van der Waals surface area contributed by atoms with E-state index in [-0.39, 0.29) is 18.4 Å². The fourth-order valence-corrected chi connectivity index (χ4v) is 1.93. The summed E-state index contributed by atoms with van der Waals surface area (Å²) in [6, 6.07) is 1.29. The van der Waals surface area contributed by atoms with Crippen LogP contribution >= 0.6 is 0 Å². The SMILES string of the molecule is O=c1ccn(CC2CC2C(O)CO)c(=O)[nH]1. The number of H-pyrrole nitrogens is 1. The second kappa shape index (κ2) is 4.23. The smallest absolute Gasteiger partial charge is 0.328 e. The van der Waals surface area contributed by atoms with Gasteiger partial charge in [0, 0.05) is 18.8 Å². The molecule has 2 rings (SSSR count). The van der Waals surface area contributed by atoms with Crippen LogP contribution in [0.3, 0.4) is 0 Å². The summed E-state index contributed by atoms with van der Waals surface area (Å²) in [4.78, 5) is 24.3. The number of aromatic amines is 1. The van der Waals surface area contributed by atoms with Crippen LogP contribution in [0, 0.1) is 11.8 Å².